The molecule has 1 atom stereocenters. The first-order valence-electron chi connectivity index (χ1n) is 9.39. The molecule has 0 bridgehead atoms. The van der Waals surface area contributed by atoms with Gasteiger partial charge in [-0.15, -0.1) is 0 Å². The molecule has 158 valence electrons. The van der Waals surface area contributed by atoms with Gasteiger partial charge in [-0.2, -0.15) is 13.2 Å². The molecule has 3 rings (SSSR count). The molecule has 0 radical (unpaired) electrons. The van der Waals surface area contributed by atoms with E-state index in [1.165, 1.54) is 6.07 Å². The highest BCUT2D eigenvalue weighted by molar-refractivity contribution is 7.91. The van der Waals surface area contributed by atoms with Crippen LogP contribution in [-0.2, 0) is 16.4 Å². The summed E-state index contributed by atoms with van der Waals surface area (Å²) in [5, 5.41) is 0. The molecule has 2 fully saturated rings. The zero-order chi connectivity index (χ0) is 20.7. The van der Waals surface area contributed by atoms with E-state index in [1.807, 2.05) is 4.90 Å². The number of aromatic nitrogens is 1. The summed E-state index contributed by atoms with van der Waals surface area (Å²) in [6.07, 6.45) is -3.68. The van der Waals surface area contributed by atoms with Crippen LogP contribution in [0.5, 0.6) is 0 Å². The predicted molar refractivity (Wildman–Crippen MR) is 99.4 cm³/mol. The lowest BCUT2D eigenvalue weighted by Gasteiger charge is -2.37. The minimum atomic E-state index is -4.33. The maximum atomic E-state index is 12.7. The van der Waals surface area contributed by atoms with E-state index >= 15 is 0 Å². The first-order chi connectivity index (χ1) is 13.0. The molecule has 0 amide bonds. The van der Waals surface area contributed by atoms with Gasteiger partial charge >= 0.3 is 6.18 Å². The minimum absolute atomic E-state index is 0.0594. The van der Waals surface area contributed by atoms with Crippen LogP contribution in [0.2, 0.25) is 0 Å². The van der Waals surface area contributed by atoms with Gasteiger partial charge < -0.3 is 4.57 Å². The second-order valence-corrected chi connectivity index (χ2v) is 10.0. The standard InChI is InChI=1S/C18H26F3N3O3S/c1-13-9-16(14(2)24(13)12-18(19,20)21)17(25)10-22-4-6-23(7-5-22)15-3-8-28(26,27)11-15/h9,15H,3-8,10-12H2,1-2H3. The molecule has 0 saturated carbocycles. The second kappa shape index (κ2) is 7.79. The lowest BCUT2D eigenvalue weighted by atomic mass is 10.1. The number of carbonyl (C=O) groups excluding carboxylic acids is 1. The number of piperazine rings is 1. The number of rotatable bonds is 5. The van der Waals surface area contributed by atoms with Gasteiger partial charge in [0, 0.05) is 49.2 Å². The number of alkyl halides is 3. The maximum absolute atomic E-state index is 12.7. The van der Waals surface area contributed by atoms with E-state index < -0.39 is 22.6 Å². The minimum Gasteiger partial charge on any atom is -0.339 e. The Labute approximate surface area is 163 Å². The van der Waals surface area contributed by atoms with Gasteiger partial charge in [0.2, 0.25) is 0 Å². The maximum Gasteiger partial charge on any atom is 0.406 e. The number of nitrogens with zero attached hydrogens (tertiary/aromatic N) is 3. The highest BCUT2D eigenvalue weighted by atomic mass is 32.2. The van der Waals surface area contributed by atoms with Crippen molar-refractivity contribution in [2.45, 2.75) is 39.0 Å². The van der Waals surface area contributed by atoms with Crippen molar-refractivity contribution in [1.82, 2.24) is 14.4 Å². The molecule has 2 aliphatic rings. The molecule has 1 unspecified atom stereocenters. The molecule has 1 aromatic rings. The van der Waals surface area contributed by atoms with Crippen molar-refractivity contribution < 1.29 is 26.4 Å². The number of hydrogen-bond donors (Lipinski definition) is 0. The molecule has 0 spiro atoms. The first-order valence-corrected chi connectivity index (χ1v) is 11.2. The van der Waals surface area contributed by atoms with Crippen LogP contribution in [0.3, 0.4) is 0 Å². The van der Waals surface area contributed by atoms with Crippen LogP contribution < -0.4 is 0 Å². The van der Waals surface area contributed by atoms with Gasteiger partial charge in [0.25, 0.3) is 0 Å². The molecule has 28 heavy (non-hydrogen) atoms. The van der Waals surface area contributed by atoms with Crippen LogP contribution in [0, 0.1) is 13.8 Å². The van der Waals surface area contributed by atoms with E-state index in [-0.39, 0.29) is 29.9 Å². The van der Waals surface area contributed by atoms with Gasteiger partial charge in [-0.1, -0.05) is 0 Å². The third-order valence-electron chi connectivity index (χ3n) is 5.71. The molecule has 1 aromatic heterocycles. The van der Waals surface area contributed by atoms with E-state index in [0.717, 1.165) is 4.57 Å². The van der Waals surface area contributed by atoms with Crippen molar-refractivity contribution in [2.75, 3.05) is 44.2 Å². The van der Waals surface area contributed by atoms with Crippen molar-refractivity contribution in [2.24, 2.45) is 0 Å². The Morgan fingerprint density at radius 3 is 2.36 bits per heavy atom. The number of ketones is 1. The monoisotopic (exact) mass is 421 g/mol. The molecular formula is C18H26F3N3O3S. The van der Waals surface area contributed by atoms with E-state index in [2.05, 4.69) is 4.90 Å². The average Bonchev–Trinajstić information content (AvgIpc) is 3.08. The molecule has 3 heterocycles. The summed E-state index contributed by atoms with van der Waals surface area (Å²) in [6.45, 7) is 4.86. The van der Waals surface area contributed by atoms with Crippen LogP contribution in [0.1, 0.15) is 28.2 Å². The number of aryl methyl sites for hydroxylation is 1. The number of carbonyl (C=O) groups is 1. The molecule has 10 heteroatoms. The van der Waals surface area contributed by atoms with Crippen molar-refractivity contribution in [1.29, 1.82) is 0 Å². The lowest BCUT2D eigenvalue weighted by molar-refractivity contribution is -0.141. The molecule has 0 aromatic carbocycles. The quantitative estimate of drug-likeness (QED) is 0.677. The number of hydrogen-bond acceptors (Lipinski definition) is 5. The van der Waals surface area contributed by atoms with Gasteiger partial charge in [0.05, 0.1) is 18.1 Å². The van der Waals surface area contributed by atoms with Crippen LogP contribution in [0.25, 0.3) is 0 Å². The number of halogens is 3. The molecule has 0 aliphatic carbocycles. The van der Waals surface area contributed by atoms with Crippen molar-refractivity contribution in [3.63, 3.8) is 0 Å². The summed E-state index contributed by atoms with van der Waals surface area (Å²) < 4.78 is 62.6. The fourth-order valence-electron chi connectivity index (χ4n) is 4.14. The first kappa shape index (κ1) is 21.3. The van der Waals surface area contributed by atoms with Crippen molar-refractivity contribution in [3.8, 4) is 0 Å². The third-order valence-corrected chi connectivity index (χ3v) is 7.46. The second-order valence-electron chi connectivity index (χ2n) is 7.78. The predicted octanol–water partition coefficient (Wildman–Crippen LogP) is 1.65. The van der Waals surface area contributed by atoms with Crippen LogP contribution >= 0.6 is 0 Å². The Hall–Kier alpha value is -1.39. The van der Waals surface area contributed by atoms with Gasteiger partial charge in [0.1, 0.15) is 6.54 Å². The summed E-state index contributed by atoms with van der Waals surface area (Å²) >= 11 is 0. The van der Waals surface area contributed by atoms with Crippen molar-refractivity contribution >= 4 is 15.6 Å². The Morgan fingerprint density at radius 2 is 1.82 bits per heavy atom. The van der Waals surface area contributed by atoms with E-state index in [9.17, 15) is 26.4 Å². The number of sulfone groups is 1. The number of Topliss-reactive ketones (excluding diaryl/α,β-unsaturated/α-hetero) is 1. The van der Waals surface area contributed by atoms with Gasteiger partial charge in [0.15, 0.2) is 15.6 Å². The zero-order valence-electron chi connectivity index (χ0n) is 16.1. The molecule has 6 nitrogen and oxygen atoms in total. The Morgan fingerprint density at radius 1 is 1.18 bits per heavy atom. The van der Waals surface area contributed by atoms with E-state index in [4.69, 9.17) is 0 Å². The van der Waals surface area contributed by atoms with Crippen LogP contribution in [0.4, 0.5) is 13.2 Å². The largest absolute Gasteiger partial charge is 0.406 e. The van der Waals surface area contributed by atoms with E-state index in [1.54, 1.807) is 13.8 Å². The lowest BCUT2D eigenvalue weighted by Crippen LogP contribution is -2.51. The zero-order valence-corrected chi connectivity index (χ0v) is 16.9. The highest BCUT2D eigenvalue weighted by Gasteiger charge is 2.34. The summed E-state index contributed by atoms with van der Waals surface area (Å²) in [5.74, 6) is 0.263. The normalized spacial score (nSPS) is 24.0. The van der Waals surface area contributed by atoms with Gasteiger partial charge in [-0.05, 0) is 26.3 Å². The highest BCUT2D eigenvalue weighted by Crippen LogP contribution is 2.24. The summed E-state index contributed by atoms with van der Waals surface area (Å²) in [7, 11) is -2.92. The third kappa shape index (κ3) is 4.96. The summed E-state index contributed by atoms with van der Waals surface area (Å²) in [5.41, 5.74) is 1.10. The van der Waals surface area contributed by atoms with E-state index in [0.29, 0.717) is 49.6 Å². The molecular weight excluding hydrogens is 395 g/mol. The van der Waals surface area contributed by atoms with Gasteiger partial charge in [-0.3, -0.25) is 14.6 Å². The van der Waals surface area contributed by atoms with Crippen molar-refractivity contribution in [3.05, 3.63) is 23.0 Å². The summed E-state index contributed by atoms with van der Waals surface area (Å²) in [4.78, 5) is 16.8. The van der Waals surface area contributed by atoms with Crippen LogP contribution in [-0.4, -0.2) is 85.0 Å². The average molecular weight is 421 g/mol. The van der Waals surface area contributed by atoms with Gasteiger partial charge in [-0.25, -0.2) is 8.42 Å². The smallest absolute Gasteiger partial charge is 0.339 e. The van der Waals surface area contributed by atoms with Crippen LogP contribution in [0.15, 0.2) is 6.07 Å². The Bertz CT molecular complexity index is 840. The SMILES string of the molecule is Cc1cc(C(=O)CN2CCN(C3CCS(=O)(=O)C3)CC2)c(C)n1CC(F)(F)F. The topological polar surface area (TPSA) is 62.6 Å². The Balaban J connectivity index is 1.57. The Kier molecular flexibility index (Phi) is 5.94. The molecule has 2 aliphatic heterocycles. The fourth-order valence-corrected chi connectivity index (χ4v) is 5.91. The summed E-state index contributed by atoms with van der Waals surface area (Å²) in [6, 6.07) is 1.59. The molecule has 2 saturated heterocycles. The fraction of sp³-hybridized carbons (Fsp3) is 0.722. The molecule has 0 N–H and O–H groups in total.